The van der Waals surface area contributed by atoms with Crippen LogP contribution in [0, 0.1) is 6.92 Å². The van der Waals surface area contributed by atoms with Gasteiger partial charge in [-0.1, -0.05) is 0 Å². The molecule has 0 spiro atoms. The molecule has 1 aromatic heterocycles. The summed E-state index contributed by atoms with van der Waals surface area (Å²) in [5.74, 6) is -0.307. The molecule has 1 aromatic rings. The molecular weight excluding hydrogens is 188 g/mol. The summed E-state index contributed by atoms with van der Waals surface area (Å²) in [5.41, 5.74) is 6.49. The Labute approximate surface area is 80.7 Å². The lowest BCUT2D eigenvalue weighted by Crippen LogP contribution is -2.16. The molecule has 0 fully saturated rings. The maximum absolute atomic E-state index is 10.9. The fourth-order valence-corrected chi connectivity index (χ4v) is 1.59. The van der Waals surface area contributed by atoms with Crippen molar-refractivity contribution in [2.45, 2.75) is 19.4 Å². The molecule has 5 heteroatoms. The van der Waals surface area contributed by atoms with Gasteiger partial charge >= 0.3 is 5.97 Å². The van der Waals surface area contributed by atoms with Crippen molar-refractivity contribution in [2.75, 3.05) is 7.11 Å². The minimum atomic E-state index is -0.350. The maximum Gasteiger partial charge on any atom is 0.307 e. The highest BCUT2D eigenvalue weighted by Gasteiger charge is 2.13. The lowest BCUT2D eigenvalue weighted by molar-refractivity contribution is -0.141. The van der Waals surface area contributed by atoms with E-state index in [1.807, 2.05) is 12.3 Å². The molecule has 0 bridgehead atoms. The second kappa shape index (κ2) is 4.34. The van der Waals surface area contributed by atoms with E-state index in [0.29, 0.717) is 0 Å². The number of nitrogens with two attached hydrogens (primary N) is 1. The van der Waals surface area contributed by atoms with Gasteiger partial charge in [0.05, 0.1) is 30.3 Å². The van der Waals surface area contributed by atoms with E-state index in [9.17, 15) is 4.79 Å². The fourth-order valence-electron chi connectivity index (χ4n) is 0.918. The largest absolute Gasteiger partial charge is 0.469 e. The first-order valence-electron chi connectivity index (χ1n) is 3.88. The van der Waals surface area contributed by atoms with Crippen molar-refractivity contribution in [2.24, 2.45) is 5.73 Å². The lowest BCUT2D eigenvalue weighted by Gasteiger charge is -2.05. The third kappa shape index (κ3) is 2.78. The SMILES string of the molecule is COC(=O)C[C@@H](N)c1csc(C)n1. The molecule has 13 heavy (non-hydrogen) atoms. The van der Waals surface area contributed by atoms with E-state index in [1.54, 1.807) is 0 Å². The molecule has 0 saturated heterocycles. The molecule has 0 unspecified atom stereocenters. The van der Waals surface area contributed by atoms with Crippen LogP contribution in [0.2, 0.25) is 0 Å². The molecule has 1 heterocycles. The smallest absolute Gasteiger partial charge is 0.307 e. The Morgan fingerprint density at radius 2 is 2.54 bits per heavy atom. The highest BCUT2D eigenvalue weighted by Crippen LogP contribution is 2.16. The van der Waals surface area contributed by atoms with Gasteiger partial charge in [-0.3, -0.25) is 4.79 Å². The first-order chi connectivity index (χ1) is 6.13. The molecule has 0 aliphatic carbocycles. The first kappa shape index (κ1) is 10.1. The lowest BCUT2D eigenvalue weighted by atomic mass is 10.2. The minimum Gasteiger partial charge on any atom is -0.469 e. The molecular formula is C8H12N2O2S. The van der Waals surface area contributed by atoms with Crippen molar-refractivity contribution in [3.8, 4) is 0 Å². The number of esters is 1. The summed E-state index contributed by atoms with van der Waals surface area (Å²) in [6.45, 7) is 1.90. The summed E-state index contributed by atoms with van der Waals surface area (Å²) in [6.07, 6.45) is 0.180. The van der Waals surface area contributed by atoms with Crippen molar-refractivity contribution < 1.29 is 9.53 Å². The van der Waals surface area contributed by atoms with Gasteiger partial charge in [0.1, 0.15) is 0 Å². The molecule has 1 atom stereocenters. The Balaban J connectivity index is 2.58. The highest BCUT2D eigenvalue weighted by atomic mass is 32.1. The number of carbonyl (C=O) groups excluding carboxylic acids is 1. The Bertz CT molecular complexity index is 298. The van der Waals surface area contributed by atoms with Crippen LogP contribution in [0.3, 0.4) is 0 Å². The number of hydrogen-bond donors (Lipinski definition) is 1. The van der Waals surface area contributed by atoms with Crippen LogP contribution in [-0.2, 0) is 9.53 Å². The number of aryl methyl sites for hydroxylation is 1. The van der Waals surface area contributed by atoms with Gasteiger partial charge in [-0.05, 0) is 6.92 Å². The van der Waals surface area contributed by atoms with Crippen molar-refractivity contribution in [3.63, 3.8) is 0 Å². The molecule has 1 rings (SSSR count). The topological polar surface area (TPSA) is 65.2 Å². The Hall–Kier alpha value is -0.940. The summed E-state index contributed by atoms with van der Waals surface area (Å²) < 4.78 is 4.51. The molecule has 2 N–H and O–H groups in total. The monoisotopic (exact) mass is 200 g/mol. The number of aromatic nitrogens is 1. The molecule has 0 aliphatic rings. The van der Waals surface area contributed by atoms with E-state index in [4.69, 9.17) is 5.73 Å². The van der Waals surface area contributed by atoms with Crippen LogP contribution in [0.15, 0.2) is 5.38 Å². The maximum atomic E-state index is 10.9. The summed E-state index contributed by atoms with van der Waals surface area (Å²) in [7, 11) is 1.35. The molecule has 0 aliphatic heterocycles. The van der Waals surface area contributed by atoms with Crippen molar-refractivity contribution >= 4 is 17.3 Å². The van der Waals surface area contributed by atoms with Crippen molar-refractivity contribution in [1.82, 2.24) is 4.98 Å². The normalized spacial score (nSPS) is 12.5. The fraction of sp³-hybridized carbons (Fsp3) is 0.500. The molecule has 72 valence electrons. The molecule has 0 radical (unpaired) electrons. The van der Waals surface area contributed by atoms with Crippen LogP contribution in [0.25, 0.3) is 0 Å². The van der Waals surface area contributed by atoms with Crippen molar-refractivity contribution in [3.05, 3.63) is 16.1 Å². The first-order valence-corrected chi connectivity index (χ1v) is 4.76. The second-order valence-corrected chi connectivity index (χ2v) is 3.74. The zero-order valence-corrected chi connectivity index (χ0v) is 8.43. The highest BCUT2D eigenvalue weighted by molar-refractivity contribution is 7.09. The summed E-state index contributed by atoms with van der Waals surface area (Å²) in [6, 6.07) is -0.350. The van der Waals surface area contributed by atoms with Crippen LogP contribution < -0.4 is 5.73 Å². The van der Waals surface area contributed by atoms with Gasteiger partial charge in [-0.25, -0.2) is 4.98 Å². The van der Waals surface area contributed by atoms with E-state index in [-0.39, 0.29) is 18.4 Å². The third-order valence-corrected chi connectivity index (χ3v) is 2.42. The van der Waals surface area contributed by atoms with Crippen LogP contribution in [-0.4, -0.2) is 18.1 Å². The van der Waals surface area contributed by atoms with Gasteiger partial charge in [0.2, 0.25) is 0 Å². The van der Waals surface area contributed by atoms with Gasteiger partial charge in [0.15, 0.2) is 0 Å². The van der Waals surface area contributed by atoms with E-state index in [2.05, 4.69) is 9.72 Å². The molecule has 0 saturated carbocycles. The Morgan fingerprint density at radius 3 is 3.00 bits per heavy atom. The van der Waals surface area contributed by atoms with E-state index in [0.717, 1.165) is 10.7 Å². The summed E-state index contributed by atoms with van der Waals surface area (Å²) in [5, 5.41) is 2.82. The van der Waals surface area contributed by atoms with Crippen LogP contribution in [0.5, 0.6) is 0 Å². The van der Waals surface area contributed by atoms with Gasteiger partial charge in [0.25, 0.3) is 0 Å². The minimum absolute atomic E-state index is 0.180. The number of thiazole rings is 1. The summed E-state index contributed by atoms with van der Waals surface area (Å²) >= 11 is 1.52. The Morgan fingerprint density at radius 1 is 1.85 bits per heavy atom. The Kier molecular flexibility index (Phi) is 3.39. The van der Waals surface area contributed by atoms with Crippen LogP contribution in [0.1, 0.15) is 23.2 Å². The van der Waals surface area contributed by atoms with Crippen molar-refractivity contribution in [1.29, 1.82) is 0 Å². The predicted octanol–water partition coefficient (Wildman–Crippen LogP) is 1.01. The summed E-state index contributed by atoms with van der Waals surface area (Å²) in [4.78, 5) is 15.1. The number of ether oxygens (including phenoxy) is 1. The predicted molar refractivity (Wildman–Crippen MR) is 50.4 cm³/mol. The van der Waals surface area contributed by atoms with Gasteiger partial charge < -0.3 is 10.5 Å². The van der Waals surface area contributed by atoms with Gasteiger partial charge in [0, 0.05) is 5.38 Å². The molecule has 0 amide bonds. The standard InChI is InChI=1S/C8H12N2O2S/c1-5-10-7(4-13-5)6(9)3-8(11)12-2/h4,6H,3,9H2,1-2H3/t6-/m1/s1. The quantitative estimate of drug-likeness (QED) is 0.740. The van der Waals surface area contributed by atoms with Gasteiger partial charge in [-0.2, -0.15) is 0 Å². The van der Waals surface area contributed by atoms with Gasteiger partial charge in [-0.15, -0.1) is 11.3 Å². The molecule has 0 aromatic carbocycles. The zero-order valence-electron chi connectivity index (χ0n) is 7.61. The second-order valence-electron chi connectivity index (χ2n) is 2.68. The number of rotatable bonds is 3. The number of hydrogen-bond acceptors (Lipinski definition) is 5. The third-order valence-electron chi connectivity index (χ3n) is 1.63. The number of methoxy groups -OCH3 is 1. The number of carbonyl (C=O) groups is 1. The van der Waals surface area contributed by atoms with E-state index in [1.165, 1.54) is 18.4 Å². The van der Waals surface area contributed by atoms with E-state index < -0.39 is 0 Å². The van der Waals surface area contributed by atoms with Crippen LogP contribution in [0.4, 0.5) is 0 Å². The van der Waals surface area contributed by atoms with E-state index >= 15 is 0 Å². The number of nitrogens with zero attached hydrogens (tertiary/aromatic N) is 1. The molecule has 4 nitrogen and oxygen atoms in total. The average Bonchev–Trinajstić information content (AvgIpc) is 2.51. The average molecular weight is 200 g/mol. The van der Waals surface area contributed by atoms with Crippen LogP contribution >= 0.6 is 11.3 Å². The zero-order chi connectivity index (χ0) is 9.84.